The third-order valence-corrected chi connectivity index (χ3v) is 7.04. The Kier molecular flexibility index (Phi) is 8.07. The van der Waals surface area contributed by atoms with E-state index < -0.39 is 5.82 Å². The van der Waals surface area contributed by atoms with Crippen LogP contribution in [0.25, 0.3) is 11.5 Å². The number of hydrogen-bond donors (Lipinski definition) is 1. The molecule has 5 rings (SSSR count). The summed E-state index contributed by atoms with van der Waals surface area (Å²) < 4.78 is 24.3. The molecule has 1 aliphatic heterocycles. The van der Waals surface area contributed by atoms with Crippen LogP contribution in [-0.4, -0.2) is 66.0 Å². The maximum atomic E-state index is 13.5. The van der Waals surface area contributed by atoms with Crippen molar-refractivity contribution in [2.75, 3.05) is 49.3 Å². The van der Waals surface area contributed by atoms with Crippen LogP contribution in [0.1, 0.15) is 10.4 Å². The standard InChI is InChI=1S/C28H26FN5O4S/c1-37-24-11-5-19(6-12-24)26-31-32-28(38-26)39-18-25(35)30-22-7-9-23(10-8-22)33-13-15-34(16-14-33)27(36)20-3-2-4-21(29)17-20/h2-12,17H,13-16,18H2,1H3,(H,30,35). The van der Waals surface area contributed by atoms with Crippen LogP contribution >= 0.6 is 11.8 Å². The van der Waals surface area contributed by atoms with Crippen molar-refractivity contribution >= 4 is 35.0 Å². The largest absolute Gasteiger partial charge is 0.497 e. The number of nitrogens with one attached hydrogen (secondary N) is 1. The van der Waals surface area contributed by atoms with Crippen LogP contribution in [0.3, 0.4) is 0 Å². The second kappa shape index (κ2) is 12.0. The minimum Gasteiger partial charge on any atom is -0.497 e. The Balaban J connectivity index is 1.08. The Hall–Kier alpha value is -4.38. The van der Waals surface area contributed by atoms with Crippen LogP contribution in [-0.2, 0) is 4.79 Å². The molecule has 1 saturated heterocycles. The molecule has 200 valence electrons. The number of ether oxygens (including phenoxy) is 1. The zero-order valence-corrected chi connectivity index (χ0v) is 22.0. The van der Waals surface area contributed by atoms with E-state index in [-0.39, 0.29) is 17.6 Å². The summed E-state index contributed by atoms with van der Waals surface area (Å²) in [5.41, 5.74) is 2.80. The molecule has 1 aliphatic rings. The minimum absolute atomic E-state index is 0.118. The molecule has 0 radical (unpaired) electrons. The number of methoxy groups -OCH3 is 1. The summed E-state index contributed by atoms with van der Waals surface area (Å²) in [7, 11) is 1.60. The van der Waals surface area contributed by atoms with E-state index in [9.17, 15) is 14.0 Å². The molecule has 1 fully saturated rings. The number of carbonyl (C=O) groups is 2. The third kappa shape index (κ3) is 6.55. The van der Waals surface area contributed by atoms with E-state index in [1.165, 1.54) is 12.1 Å². The Morgan fingerprint density at radius 3 is 2.44 bits per heavy atom. The topological polar surface area (TPSA) is 101 Å². The molecule has 0 unspecified atom stereocenters. The lowest BCUT2D eigenvalue weighted by atomic mass is 10.1. The van der Waals surface area contributed by atoms with Gasteiger partial charge in [-0.25, -0.2) is 4.39 Å². The first-order chi connectivity index (χ1) is 19.0. The molecule has 0 saturated carbocycles. The number of aromatic nitrogens is 2. The van der Waals surface area contributed by atoms with E-state index in [2.05, 4.69) is 20.4 Å². The number of carbonyl (C=O) groups excluding carboxylic acids is 2. The number of amides is 2. The summed E-state index contributed by atoms with van der Waals surface area (Å²) >= 11 is 1.16. The van der Waals surface area contributed by atoms with E-state index in [1.54, 1.807) is 36.3 Å². The van der Waals surface area contributed by atoms with Gasteiger partial charge in [0.2, 0.25) is 11.8 Å². The van der Waals surface area contributed by atoms with Crippen molar-refractivity contribution in [3.05, 3.63) is 84.2 Å². The number of benzene rings is 3. The first-order valence-electron chi connectivity index (χ1n) is 12.3. The summed E-state index contributed by atoms with van der Waals surface area (Å²) in [6.07, 6.45) is 0. The second-order valence-electron chi connectivity index (χ2n) is 8.77. The molecule has 3 aromatic carbocycles. The van der Waals surface area contributed by atoms with Gasteiger partial charge in [-0.1, -0.05) is 17.8 Å². The summed E-state index contributed by atoms with van der Waals surface area (Å²) in [5.74, 6) is 0.445. The van der Waals surface area contributed by atoms with Gasteiger partial charge in [-0.2, -0.15) is 0 Å². The lowest BCUT2D eigenvalue weighted by Crippen LogP contribution is -2.48. The predicted octanol–water partition coefficient (Wildman–Crippen LogP) is 4.58. The van der Waals surface area contributed by atoms with Crippen LogP contribution in [0.4, 0.5) is 15.8 Å². The van der Waals surface area contributed by atoms with Gasteiger partial charge < -0.3 is 24.3 Å². The molecule has 9 nitrogen and oxygen atoms in total. The molecule has 4 aromatic rings. The van der Waals surface area contributed by atoms with Gasteiger partial charge in [-0.3, -0.25) is 9.59 Å². The molecule has 39 heavy (non-hydrogen) atoms. The van der Waals surface area contributed by atoms with Gasteiger partial charge in [0.1, 0.15) is 11.6 Å². The summed E-state index contributed by atoms with van der Waals surface area (Å²) in [5, 5.41) is 11.2. The number of hydrogen-bond acceptors (Lipinski definition) is 8. The Morgan fingerprint density at radius 1 is 1.00 bits per heavy atom. The second-order valence-corrected chi connectivity index (χ2v) is 9.70. The quantitative estimate of drug-likeness (QED) is 0.320. The molecule has 11 heteroatoms. The molecular formula is C28H26FN5O4S. The van der Waals surface area contributed by atoms with Gasteiger partial charge >= 0.3 is 0 Å². The highest BCUT2D eigenvalue weighted by Gasteiger charge is 2.22. The maximum Gasteiger partial charge on any atom is 0.277 e. The monoisotopic (exact) mass is 547 g/mol. The zero-order valence-electron chi connectivity index (χ0n) is 21.2. The van der Waals surface area contributed by atoms with Crippen LogP contribution in [0.2, 0.25) is 0 Å². The summed E-state index contributed by atoms with van der Waals surface area (Å²) in [6.45, 7) is 2.40. The molecule has 0 aliphatic carbocycles. The van der Waals surface area contributed by atoms with Gasteiger partial charge in [0.05, 0.1) is 12.9 Å². The van der Waals surface area contributed by atoms with Crippen LogP contribution < -0.4 is 15.0 Å². The SMILES string of the molecule is COc1ccc(-c2nnc(SCC(=O)Nc3ccc(N4CCN(C(=O)c5cccc(F)c5)CC4)cc3)o2)cc1. The minimum atomic E-state index is -0.418. The highest BCUT2D eigenvalue weighted by molar-refractivity contribution is 7.99. The van der Waals surface area contributed by atoms with Gasteiger partial charge in [-0.15, -0.1) is 10.2 Å². The van der Waals surface area contributed by atoms with Gasteiger partial charge in [0.25, 0.3) is 11.1 Å². The van der Waals surface area contributed by atoms with Crippen LogP contribution in [0, 0.1) is 5.82 Å². The van der Waals surface area contributed by atoms with E-state index in [0.717, 1.165) is 28.8 Å². The summed E-state index contributed by atoms with van der Waals surface area (Å²) in [4.78, 5) is 29.0. The van der Waals surface area contributed by atoms with Crippen LogP contribution in [0.15, 0.2) is 82.4 Å². The fourth-order valence-corrected chi connectivity index (χ4v) is 4.73. The van der Waals surface area contributed by atoms with Crippen molar-refractivity contribution < 1.29 is 23.1 Å². The van der Waals surface area contributed by atoms with Crippen molar-refractivity contribution in [1.29, 1.82) is 0 Å². The maximum absolute atomic E-state index is 13.5. The number of piperazine rings is 1. The van der Waals surface area contributed by atoms with Crippen molar-refractivity contribution in [3.63, 3.8) is 0 Å². The molecule has 1 aromatic heterocycles. The summed E-state index contributed by atoms with van der Waals surface area (Å²) in [6, 6.07) is 20.6. The zero-order chi connectivity index (χ0) is 27.2. The number of anilines is 2. The third-order valence-electron chi connectivity index (χ3n) is 6.22. The van der Waals surface area contributed by atoms with Crippen molar-refractivity contribution in [2.45, 2.75) is 5.22 Å². The van der Waals surface area contributed by atoms with Gasteiger partial charge in [0.15, 0.2) is 0 Å². The van der Waals surface area contributed by atoms with E-state index >= 15 is 0 Å². The average Bonchev–Trinajstić information content (AvgIpc) is 3.45. The molecule has 1 N–H and O–H groups in total. The Bertz CT molecular complexity index is 1440. The average molecular weight is 548 g/mol. The number of thioether (sulfide) groups is 1. The lowest BCUT2D eigenvalue weighted by Gasteiger charge is -2.36. The highest BCUT2D eigenvalue weighted by atomic mass is 32.2. The van der Waals surface area contributed by atoms with Crippen molar-refractivity contribution in [1.82, 2.24) is 15.1 Å². The van der Waals surface area contributed by atoms with Gasteiger partial charge in [0, 0.05) is 48.7 Å². The molecule has 2 heterocycles. The van der Waals surface area contributed by atoms with E-state index in [4.69, 9.17) is 9.15 Å². The van der Waals surface area contributed by atoms with Gasteiger partial charge in [-0.05, 0) is 66.7 Å². The molecule has 0 atom stereocenters. The molecule has 0 spiro atoms. The lowest BCUT2D eigenvalue weighted by molar-refractivity contribution is -0.113. The Morgan fingerprint density at radius 2 is 1.74 bits per heavy atom. The fraction of sp³-hybridized carbons (Fsp3) is 0.214. The first kappa shape index (κ1) is 26.2. The molecule has 0 bridgehead atoms. The predicted molar refractivity (Wildman–Crippen MR) is 147 cm³/mol. The van der Waals surface area contributed by atoms with Crippen molar-refractivity contribution in [3.8, 4) is 17.2 Å². The molecule has 2 amide bonds. The molecular weight excluding hydrogens is 521 g/mol. The van der Waals surface area contributed by atoms with Crippen molar-refractivity contribution in [2.24, 2.45) is 0 Å². The fourth-order valence-electron chi connectivity index (χ4n) is 4.17. The number of rotatable bonds is 8. The Labute approximate surface area is 229 Å². The number of halogens is 1. The number of nitrogens with zero attached hydrogens (tertiary/aromatic N) is 4. The first-order valence-corrected chi connectivity index (χ1v) is 13.3. The smallest absolute Gasteiger partial charge is 0.277 e. The highest BCUT2D eigenvalue weighted by Crippen LogP contribution is 2.25. The van der Waals surface area contributed by atoms with E-state index in [1.807, 2.05) is 36.4 Å². The van der Waals surface area contributed by atoms with Crippen LogP contribution in [0.5, 0.6) is 5.75 Å². The normalized spacial score (nSPS) is 13.3. The van der Waals surface area contributed by atoms with E-state index in [0.29, 0.717) is 48.5 Å².